The van der Waals surface area contributed by atoms with E-state index in [0.29, 0.717) is 0 Å². The minimum Gasteiger partial charge on any atom is -0.491 e. The van der Waals surface area contributed by atoms with Crippen molar-refractivity contribution in [3.63, 3.8) is 0 Å². The molecule has 7 heteroatoms. The molecule has 37 heavy (non-hydrogen) atoms. The molecule has 0 aliphatic heterocycles. The Hall–Kier alpha value is -4.10. The summed E-state index contributed by atoms with van der Waals surface area (Å²) in [7, 11) is 1.28. The second-order valence-corrected chi connectivity index (χ2v) is 8.40. The van der Waals surface area contributed by atoms with E-state index in [1.807, 2.05) is 91.0 Å². The Morgan fingerprint density at radius 2 is 1.14 bits per heavy atom. The lowest BCUT2D eigenvalue weighted by Gasteiger charge is -2.39. The van der Waals surface area contributed by atoms with Gasteiger partial charge in [0.2, 0.25) is 0 Å². The lowest BCUT2D eigenvalue weighted by Crippen LogP contribution is -2.55. The van der Waals surface area contributed by atoms with Crippen LogP contribution in [0.25, 0.3) is 0 Å². The molecule has 4 aromatic carbocycles. The van der Waals surface area contributed by atoms with E-state index in [1.54, 1.807) is 0 Å². The normalized spacial score (nSPS) is 12.5. The van der Waals surface area contributed by atoms with Crippen LogP contribution in [0.5, 0.6) is 5.75 Å². The van der Waals surface area contributed by atoms with E-state index in [0.717, 1.165) is 28.8 Å². The molecule has 1 unspecified atom stereocenters. The number of ether oxygens (including phenoxy) is 2. The molecule has 4 aromatic rings. The van der Waals surface area contributed by atoms with Crippen LogP contribution in [-0.4, -0.2) is 25.7 Å². The zero-order chi connectivity index (χ0) is 26.3. The third-order valence-corrected chi connectivity index (χ3v) is 6.10. The smallest absolute Gasteiger partial charge is 0.416 e. The molecule has 4 nitrogen and oxygen atoms in total. The number of nitrogens with one attached hydrogen (secondary N) is 1. The highest BCUT2D eigenvalue weighted by molar-refractivity contribution is 5.76. The molecule has 0 spiro atoms. The van der Waals surface area contributed by atoms with Crippen molar-refractivity contribution < 1.29 is 27.4 Å². The molecule has 0 saturated heterocycles. The van der Waals surface area contributed by atoms with Gasteiger partial charge in [-0.3, -0.25) is 10.1 Å². The van der Waals surface area contributed by atoms with E-state index in [-0.39, 0.29) is 12.4 Å². The Balaban J connectivity index is 1.75. The number of carbonyl (C=O) groups excluding carboxylic acids is 1. The average Bonchev–Trinajstić information content (AvgIpc) is 2.94. The molecule has 1 N–H and O–H groups in total. The molecule has 0 radical (unpaired) electrons. The van der Waals surface area contributed by atoms with Gasteiger partial charge in [0.15, 0.2) is 0 Å². The summed E-state index contributed by atoms with van der Waals surface area (Å²) in [6.45, 7) is -0.174. The minimum atomic E-state index is -4.45. The molecule has 0 bridgehead atoms. The van der Waals surface area contributed by atoms with Crippen molar-refractivity contribution >= 4 is 5.97 Å². The van der Waals surface area contributed by atoms with E-state index < -0.39 is 29.3 Å². The van der Waals surface area contributed by atoms with Crippen molar-refractivity contribution in [2.75, 3.05) is 13.7 Å². The van der Waals surface area contributed by atoms with Crippen molar-refractivity contribution in [3.05, 3.63) is 138 Å². The highest BCUT2D eigenvalue weighted by Gasteiger charge is 2.40. The standard InChI is InChI=1S/C30H26F3NO3/c1-36-28(35)27(21-37-26-19-17-25(18-20-26)30(31,32)33)34-29(22-11-5-2-6-12-22,23-13-7-3-8-14-23)24-15-9-4-10-16-24/h2-20,27,34H,21H2,1H3. The average molecular weight is 506 g/mol. The fourth-order valence-corrected chi connectivity index (χ4v) is 4.31. The van der Waals surface area contributed by atoms with Gasteiger partial charge in [-0.05, 0) is 41.0 Å². The van der Waals surface area contributed by atoms with E-state index in [9.17, 15) is 18.0 Å². The van der Waals surface area contributed by atoms with Gasteiger partial charge in [0, 0.05) is 0 Å². The van der Waals surface area contributed by atoms with Crippen LogP contribution in [0, 0.1) is 0 Å². The zero-order valence-corrected chi connectivity index (χ0v) is 20.1. The molecule has 0 fully saturated rings. The molecule has 0 saturated carbocycles. The third kappa shape index (κ3) is 5.84. The molecule has 0 aliphatic rings. The molecular weight excluding hydrogens is 479 g/mol. The molecule has 4 rings (SSSR count). The van der Waals surface area contributed by atoms with Crippen LogP contribution in [0.15, 0.2) is 115 Å². The highest BCUT2D eigenvalue weighted by Crippen LogP contribution is 2.37. The topological polar surface area (TPSA) is 47.6 Å². The minimum absolute atomic E-state index is 0.174. The van der Waals surface area contributed by atoms with Gasteiger partial charge in [-0.15, -0.1) is 0 Å². The van der Waals surface area contributed by atoms with Gasteiger partial charge in [0.25, 0.3) is 0 Å². The Morgan fingerprint density at radius 3 is 1.51 bits per heavy atom. The van der Waals surface area contributed by atoms with Crippen molar-refractivity contribution in [2.24, 2.45) is 0 Å². The summed E-state index contributed by atoms with van der Waals surface area (Å²) in [4.78, 5) is 13.0. The summed E-state index contributed by atoms with van der Waals surface area (Å²) in [6, 6.07) is 32.5. The fraction of sp³-hybridized carbons (Fsp3) is 0.167. The van der Waals surface area contributed by atoms with Crippen molar-refractivity contribution in [3.8, 4) is 5.75 Å². The van der Waals surface area contributed by atoms with Gasteiger partial charge in [-0.25, -0.2) is 0 Å². The molecule has 0 aliphatic carbocycles. The van der Waals surface area contributed by atoms with Crippen LogP contribution in [0.2, 0.25) is 0 Å². The van der Waals surface area contributed by atoms with E-state index in [1.165, 1.54) is 19.2 Å². The van der Waals surface area contributed by atoms with Crippen LogP contribution in [0.1, 0.15) is 22.3 Å². The summed E-state index contributed by atoms with van der Waals surface area (Å²) >= 11 is 0. The third-order valence-electron chi connectivity index (χ3n) is 6.10. The molecule has 0 amide bonds. The Morgan fingerprint density at radius 1 is 0.703 bits per heavy atom. The Kier molecular flexibility index (Phi) is 7.94. The first-order valence-electron chi connectivity index (χ1n) is 11.7. The number of hydrogen-bond acceptors (Lipinski definition) is 4. The lowest BCUT2D eigenvalue weighted by atomic mass is 9.76. The molecule has 1 atom stereocenters. The summed E-state index contributed by atoms with van der Waals surface area (Å²) in [5.74, 6) is -0.368. The second-order valence-electron chi connectivity index (χ2n) is 8.40. The number of methoxy groups -OCH3 is 1. The first-order chi connectivity index (χ1) is 17.8. The fourth-order valence-electron chi connectivity index (χ4n) is 4.31. The van der Waals surface area contributed by atoms with E-state index in [2.05, 4.69) is 5.32 Å². The maximum Gasteiger partial charge on any atom is 0.416 e. The quantitative estimate of drug-likeness (QED) is 0.217. The first-order valence-corrected chi connectivity index (χ1v) is 11.7. The van der Waals surface area contributed by atoms with Crippen molar-refractivity contribution in [1.82, 2.24) is 5.32 Å². The van der Waals surface area contributed by atoms with E-state index in [4.69, 9.17) is 9.47 Å². The van der Waals surface area contributed by atoms with Crippen LogP contribution >= 0.6 is 0 Å². The van der Waals surface area contributed by atoms with Crippen LogP contribution in [0.3, 0.4) is 0 Å². The van der Waals surface area contributed by atoms with Gasteiger partial charge in [0.1, 0.15) is 18.4 Å². The lowest BCUT2D eigenvalue weighted by molar-refractivity contribution is -0.144. The van der Waals surface area contributed by atoms with Gasteiger partial charge in [-0.2, -0.15) is 13.2 Å². The zero-order valence-electron chi connectivity index (χ0n) is 20.1. The highest BCUT2D eigenvalue weighted by atomic mass is 19.4. The molecule has 190 valence electrons. The molecule has 0 heterocycles. The van der Waals surface area contributed by atoms with Gasteiger partial charge in [-0.1, -0.05) is 91.0 Å². The number of carbonyl (C=O) groups is 1. The Labute approximate surface area is 213 Å². The SMILES string of the molecule is COC(=O)C(COc1ccc(C(F)(F)F)cc1)NC(c1ccccc1)(c1ccccc1)c1ccccc1. The molecule has 0 aromatic heterocycles. The predicted molar refractivity (Wildman–Crippen MR) is 135 cm³/mol. The monoisotopic (exact) mass is 505 g/mol. The predicted octanol–water partition coefficient (Wildman–Crippen LogP) is 6.21. The first kappa shape index (κ1) is 26.0. The van der Waals surface area contributed by atoms with Crippen molar-refractivity contribution in [2.45, 2.75) is 17.8 Å². The number of hydrogen-bond donors (Lipinski definition) is 1. The summed E-state index contributed by atoms with van der Waals surface area (Å²) < 4.78 is 49.7. The number of alkyl halides is 3. The number of benzene rings is 4. The van der Waals surface area contributed by atoms with Crippen molar-refractivity contribution in [1.29, 1.82) is 0 Å². The summed E-state index contributed by atoms with van der Waals surface area (Å²) in [5.41, 5.74) is 0.910. The second kappa shape index (κ2) is 11.3. The molecular formula is C30H26F3NO3. The van der Waals surface area contributed by atoms with Gasteiger partial charge >= 0.3 is 12.1 Å². The number of rotatable bonds is 9. The number of halogens is 3. The van der Waals surface area contributed by atoms with Gasteiger partial charge < -0.3 is 9.47 Å². The van der Waals surface area contributed by atoms with E-state index >= 15 is 0 Å². The Bertz CT molecular complexity index is 1180. The summed E-state index contributed by atoms with van der Waals surface area (Å²) in [5, 5.41) is 3.49. The van der Waals surface area contributed by atoms with Crippen LogP contribution in [-0.2, 0) is 21.2 Å². The summed E-state index contributed by atoms with van der Waals surface area (Å²) in [6.07, 6.45) is -4.45. The maximum absolute atomic E-state index is 13.0. The number of esters is 1. The maximum atomic E-state index is 13.0. The van der Waals surface area contributed by atoms with Crippen LogP contribution < -0.4 is 10.1 Å². The van der Waals surface area contributed by atoms with Crippen LogP contribution in [0.4, 0.5) is 13.2 Å². The van der Waals surface area contributed by atoms with Gasteiger partial charge in [0.05, 0.1) is 18.2 Å². The largest absolute Gasteiger partial charge is 0.491 e.